The minimum Gasteiger partial charge on any atom is -0.476 e. The van der Waals surface area contributed by atoms with Gasteiger partial charge in [0.15, 0.2) is 5.69 Å². The Bertz CT molecular complexity index is 933. The topological polar surface area (TPSA) is 55.1 Å². The maximum Gasteiger partial charge on any atom is 0.356 e. The minimum atomic E-state index is -1.09. The Morgan fingerprint density at radius 1 is 1.00 bits per heavy atom. The average molecular weight is 356 g/mol. The molecule has 0 aliphatic heterocycles. The number of halogens is 2. The summed E-state index contributed by atoms with van der Waals surface area (Å²) in [5, 5.41) is 13.1. The smallest absolute Gasteiger partial charge is 0.356 e. The van der Waals surface area contributed by atoms with Gasteiger partial charge in [0.05, 0.1) is 6.54 Å². The van der Waals surface area contributed by atoms with E-state index in [1.54, 1.807) is 29.8 Å². The zero-order valence-electron chi connectivity index (χ0n) is 14.2. The van der Waals surface area contributed by atoms with Crippen molar-refractivity contribution in [2.45, 2.75) is 26.3 Å². The molecule has 0 aliphatic carbocycles. The molecule has 0 bridgehead atoms. The van der Waals surface area contributed by atoms with Crippen molar-refractivity contribution in [2.75, 3.05) is 0 Å². The number of carboxylic acid groups (broad SMARTS) is 1. The van der Waals surface area contributed by atoms with Crippen molar-refractivity contribution in [2.24, 2.45) is 0 Å². The van der Waals surface area contributed by atoms with Crippen molar-refractivity contribution in [1.82, 2.24) is 9.78 Å². The lowest BCUT2D eigenvalue weighted by Gasteiger charge is -2.11. The molecule has 0 radical (unpaired) electrons. The first-order valence-electron chi connectivity index (χ1n) is 8.22. The third-order valence-corrected chi connectivity index (χ3v) is 4.29. The van der Waals surface area contributed by atoms with Crippen LogP contribution < -0.4 is 0 Å². The molecule has 4 nitrogen and oxygen atoms in total. The van der Waals surface area contributed by atoms with Gasteiger partial charge in [0.25, 0.3) is 0 Å². The molecule has 26 heavy (non-hydrogen) atoms. The number of aryl methyl sites for hydroxylation is 3. The highest BCUT2D eigenvalue weighted by Gasteiger charge is 2.13. The van der Waals surface area contributed by atoms with Gasteiger partial charge < -0.3 is 5.11 Å². The molecule has 0 aliphatic rings. The number of hydrogen-bond donors (Lipinski definition) is 1. The molecular weight excluding hydrogens is 338 g/mol. The fraction of sp³-hybridized carbons (Fsp3) is 0.200. The van der Waals surface area contributed by atoms with E-state index in [9.17, 15) is 13.6 Å². The quantitative estimate of drug-likeness (QED) is 0.726. The van der Waals surface area contributed by atoms with Crippen LogP contribution >= 0.6 is 0 Å². The Morgan fingerprint density at radius 3 is 2.35 bits per heavy atom. The first-order chi connectivity index (χ1) is 12.4. The van der Waals surface area contributed by atoms with Gasteiger partial charge >= 0.3 is 5.97 Å². The lowest BCUT2D eigenvalue weighted by Crippen LogP contribution is -2.09. The Kier molecular flexibility index (Phi) is 5.11. The molecule has 0 saturated heterocycles. The van der Waals surface area contributed by atoms with Crippen LogP contribution in [-0.4, -0.2) is 20.9 Å². The Balaban J connectivity index is 1.81. The predicted molar refractivity (Wildman–Crippen MR) is 93.2 cm³/mol. The van der Waals surface area contributed by atoms with Crippen LogP contribution in [0.1, 0.15) is 32.9 Å². The molecule has 0 spiro atoms. The van der Waals surface area contributed by atoms with Crippen molar-refractivity contribution in [3.05, 3.63) is 88.2 Å². The van der Waals surface area contributed by atoms with E-state index in [2.05, 4.69) is 5.10 Å². The van der Waals surface area contributed by atoms with E-state index in [4.69, 9.17) is 5.11 Å². The second-order valence-electron chi connectivity index (χ2n) is 6.17. The van der Waals surface area contributed by atoms with Gasteiger partial charge in [-0.15, -0.1) is 0 Å². The third-order valence-electron chi connectivity index (χ3n) is 4.29. The van der Waals surface area contributed by atoms with E-state index in [0.29, 0.717) is 18.5 Å². The van der Waals surface area contributed by atoms with Gasteiger partial charge in [-0.2, -0.15) is 5.10 Å². The highest BCUT2D eigenvalue weighted by molar-refractivity contribution is 5.85. The van der Waals surface area contributed by atoms with Crippen molar-refractivity contribution in [3.63, 3.8) is 0 Å². The first-order valence-corrected chi connectivity index (χ1v) is 8.22. The van der Waals surface area contributed by atoms with Crippen LogP contribution in [0.3, 0.4) is 0 Å². The lowest BCUT2D eigenvalue weighted by molar-refractivity contribution is 0.0689. The number of carboxylic acids is 1. The molecule has 0 amide bonds. The molecule has 1 heterocycles. The molecule has 3 aromatic rings. The molecule has 134 valence electrons. The normalized spacial score (nSPS) is 10.9. The molecule has 2 aromatic carbocycles. The summed E-state index contributed by atoms with van der Waals surface area (Å²) in [4.78, 5) is 11.1. The second kappa shape index (κ2) is 7.47. The van der Waals surface area contributed by atoms with E-state index >= 15 is 0 Å². The van der Waals surface area contributed by atoms with Crippen LogP contribution in [0.4, 0.5) is 8.78 Å². The number of carbonyl (C=O) groups is 1. The lowest BCUT2D eigenvalue weighted by atomic mass is 9.99. The van der Waals surface area contributed by atoms with Crippen LogP contribution in [0.25, 0.3) is 0 Å². The maximum atomic E-state index is 13.7. The summed E-state index contributed by atoms with van der Waals surface area (Å²) in [6, 6.07) is 12.4. The van der Waals surface area contributed by atoms with E-state index < -0.39 is 5.97 Å². The second-order valence-corrected chi connectivity index (χ2v) is 6.17. The predicted octanol–water partition coefficient (Wildman–Crippen LogP) is 4.00. The highest BCUT2D eigenvalue weighted by Crippen LogP contribution is 2.17. The van der Waals surface area contributed by atoms with Crippen LogP contribution in [0.15, 0.2) is 48.5 Å². The van der Waals surface area contributed by atoms with Crippen molar-refractivity contribution in [1.29, 1.82) is 0 Å². The third kappa shape index (κ3) is 4.14. The number of aromatic carboxylic acids is 1. The van der Waals surface area contributed by atoms with Gasteiger partial charge in [-0.3, -0.25) is 4.68 Å². The largest absolute Gasteiger partial charge is 0.476 e. The molecule has 0 fully saturated rings. The standard InChI is InChI=1S/C20H18F2N2O2/c1-13-10-19(20(25)26)23-24(13)12-16-11-18(22)9-6-15(16)5-2-14-3-7-17(21)8-4-14/h3-4,6-11H,2,5,12H2,1H3,(H,25,26). The van der Waals surface area contributed by atoms with Gasteiger partial charge in [0.1, 0.15) is 11.6 Å². The fourth-order valence-electron chi connectivity index (χ4n) is 2.85. The number of aromatic nitrogens is 2. The molecule has 0 unspecified atom stereocenters. The van der Waals surface area contributed by atoms with Crippen molar-refractivity contribution in [3.8, 4) is 0 Å². The fourth-order valence-corrected chi connectivity index (χ4v) is 2.85. The number of hydrogen-bond acceptors (Lipinski definition) is 2. The van der Waals surface area contributed by atoms with Gasteiger partial charge in [-0.05, 0) is 66.8 Å². The molecule has 0 atom stereocenters. The minimum absolute atomic E-state index is 0.0354. The summed E-state index contributed by atoms with van der Waals surface area (Å²) in [6.07, 6.45) is 1.35. The van der Waals surface area contributed by atoms with E-state index in [1.807, 2.05) is 0 Å². The van der Waals surface area contributed by atoms with Crippen LogP contribution in [0, 0.1) is 18.6 Å². The van der Waals surface area contributed by atoms with Crippen molar-refractivity contribution < 1.29 is 18.7 Å². The Morgan fingerprint density at radius 2 is 1.69 bits per heavy atom. The molecule has 0 saturated carbocycles. The zero-order valence-corrected chi connectivity index (χ0v) is 14.2. The average Bonchev–Trinajstić information content (AvgIpc) is 2.97. The van der Waals surface area contributed by atoms with Gasteiger partial charge in [0, 0.05) is 5.69 Å². The first kappa shape index (κ1) is 17.8. The van der Waals surface area contributed by atoms with Gasteiger partial charge in [0.2, 0.25) is 0 Å². The molecule has 3 rings (SSSR count). The number of rotatable bonds is 6. The molecular formula is C20H18F2N2O2. The highest BCUT2D eigenvalue weighted by atomic mass is 19.1. The van der Waals surface area contributed by atoms with Crippen LogP contribution in [0.5, 0.6) is 0 Å². The van der Waals surface area contributed by atoms with Crippen LogP contribution in [0.2, 0.25) is 0 Å². The summed E-state index contributed by atoms with van der Waals surface area (Å²) in [5.74, 6) is -1.73. The Hall–Kier alpha value is -3.02. The summed E-state index contributed by atoms with van der Waals surface area (Å²) < 4.78 is 28.3. The number of nitrogens with zero attached hydrogens (tertiary/aromatic N) is 2. The van der Waals surface area contributed by atoms with Crippen LogP contribution in [-0.2, 0) is 19.4 Å². The summed E-state index contributed by atoms with van der Waals surface area (Å²) >= 11 is 0. The van der Waals surface area contributed by atoms with E-state index in [-0.39, 0.29) is 23.9 Å². The summed E-state index contributed by atoms with van der Waals surface area (Å²) in [5.41, 5.74) is 3.34. The summed E-state index contributed by atoms with van der Waals surface area (Å²) in [7, 11) is 0. The van der Waals surface area contributed by atoms with E-state index in [0.717, 1.165) is 16.7 Å². The molecule has 1 aromatic heterocycles. The van der Waals surface area contributed by atoms with Crippen molar-refractivity contribution >= 4 is 5.97 Å². The molecule has 1 N–H and O–H groups in total. The van der Waals surface area contributed by atoms with Gasteiger partial charge in [-0.25, -0.2) is 13.6 Å². The van der Waals surface area contributed by atoms with E-state index in [1.165, 1.54) is 30.3 Å². The monoisotopic (exact) mass is 356 g/mol. The zero-order chi connectivity index (χ0) is 18.7. The van der Waals surface area contributed by atoms with Gasteiger partial charge in [-0.1, -0.05) is 18.2 Å². The molecule has 6 heteroatoms. The maximum absolute atomic E-state index is 13.7. The Labute approximate surface area is 149 Å². The number of benzene rings is 2. The SMILES string of the molecule is Cc1cc(C(=O)O)nn1Cc1cc(F)ccc1CCc1ccc(F)cc1. The summed E-state index contributed by atoms with van der Waals surface area (Å²) in [6.45, 7) is 2.05.